The number of amides is 1. The van der Waals surface area contributed by atoms with Gasteiger partial charge in [0.1, 0.15) is 5.75 Å². The molecular formula is C18H22N2O6S2. The summed E-state index contributed by atoms with van der Waals surface area (Å²) in [5, 5.41) is 8.94. The number of hydrogen-bond donors (Lipinski definition) is 1. The van der Waals surface area contributed by atoms with E-state index in [0.29, 0.717) is 16.6 Å². The average Bonchev–Trinajstić information content (AvgIpc) is 3.05. The van der Waals surface area contributed by atoms with Gasteiger partial charge in [-0.05, 0) is 31.0 Å². The number of methoxy groups -OCH3 is 1. The summed E-state index contributed by atoms with van der Waals surface area (Å²) in [4.78, 5) is 28.9. The zero-order valence-electron chi connectivity index (χ0n) is 15.6. The van der Waals surface area contributed by atoms with Crippen LogP contribution in [0.25, 0.3) is 0 Å². The van der Waals surface area contributed by atoms with Crippen LogP contribution in [0.2, 0.25) is 0 Å². The summed E-state index contributed by atoms with van der Waals surface area (Å²) in [6, 6.07) is 5.26. The molecule has 10 heteroatoms. The number of ether oxygens (including phenoxy) is 1. The Labute approximate surface area is 167 Å². The number of hydrogen-bond acceptors (Lipinski definition) is 6. The van der Waals surface area contributed by atoms with Gasteiger partial charge in [0.25, 0.3) is 0 Å². The predicted octanol–water partition coefficient (Wildman–Crippen LogP) is 1.86. The zero-order chi connectivity index (χ0) is 20.5. The lowest BCUT2D eigenvalue weighted by Gasteiger charge is -2.26. The summed E-state index contributed by atoms with van der Waals surface area (Å²) < 4.78 is 29.7. The number of anilines is 1. The number of carbonyl (C=O) groups is 2. The highest BCUT2D eigenvalue weighted by molar-refractivity contribution is 8.16. The maximum absolute atomic E-state index is 12.3. The average molecular weight is 427 g/mol. The predicted molar refractivity (Wildman–Crippen MR) is 108 cm³/mol. The van der Waals surface area contributed by atoms with Crippen LogP contribution in [-0.2, 0) is 19.4 Å². The maximum atomic E-state index is 12.3. The molecule has 2 atom stereocenters. The number of aliphatic carboxylic acids is 1. The van der Waals surface area contributed by atoms with Crippen molar-refractivity contribution in [3.63, 3.8) is 0 Å². The second-order valence-corrected chi connectivity index (χ2v) is 10.2. The van der Waals surface area contributed by atoms with E-state index in [9.17, 15) is 18.0 Å². The number of fused-ring (bicyclic) bond motifs is 1. The van der Waals surface area contributed by atoms with Crippen molar-refractivity contribution in [3.05, 3.63) is 23.8 Å². The van der Waals surface area contributed by atoms with Crippen LogP contribution in [0, 0.1) is 6.92 Å². The molecule has 1 aromatic carbocycles. The number of carboxylic acid groups (broad SMARTS) is 1. The van der Waals surface area contributed by atoms with Crippen LogP contribution in [0.5, 0.6) is 5.75 Å². The molecule has 3 rings (SSSR count). The van der Waals surface area contributed by atoms with Crippen LogP contribution in [0.1, 0.15) is 24.8 Å². The quantitative estimate of drug-likeness (QED) is 0.733. The highest BCUT2D eigenvalue weighted by Gasteiger charge is 2.50. The highest BCUT2D eigenvalue weighted by Crippen LogP contribution is 2.44. The lowest BCUT2D eigenvalue weighted by Crippen LogP contribution is -2.38. The summed E-state index contributed by atoms with van der Waals surface area (Å²) in [6.45, 7) is 1.92. The van der Waals surface area contributed by atoms with Crippen LogP contribution >= 0.6 is 11.8 Å². The van der Waals surface area contributed by atoms with E-state index >= 15 is 0 Å². The Kier molecular flexibility index (Phi) is 5.99. The van der Waals surface area contributed by atoms with Gasteiger partial charge in [0, 0.05) is 18.1 Å². The Balaban J connectivity index is 1.94. The van der Waals surface area contributed by atoms with Gasteiger partial charge in [-0.2, -0.15) is 4.99 Å². The Hall–Kier alpha value is -2.07. The molecule has 2 fully saturated rings. The molecule has 1 amide bonds. The first kappa shape index (κ1) is 20.7. The van der Waals surface area contributed by atoms with Crippen LogP contribution in [0.15, 0.2) is 23.2 Å². The summed E-state index contributed by atoms with van der Waals surface area (Å²) in [5.74, 6) is -0.764. The third-order valence-electron chi connectivity index (χ3n) is 4.66. The van der Waals surface area contributed by atoms with Crippen LogP contribution in [0.4, 0.5) is 5.69 Å². The Morgan fingerprint density at radius 2 is 2.07 bits per heavy atom. The Bertz CT molecular complexity index is 928. The van der Waals surface area contributed by atoms with Crippen molar-refractivity contribution in [2.24, 2.45) is 4.99 Å². The minimum Gasteiger partial charge on any atom is -0.495 e. The Morgan fingerprint density at radius 3 is 2.75 bits per heavy atom. The van der Waals surface area contributed by atoms with Crippen molar-refractivity contribution in [1.29, 1.82) is 0 Å². The van der Waals surface area contributed by atoms with Crippen molar-refractivity contribution in [2.45, 2.75) is 37.5 Å². The van der Waals surface area contributed by atoms with Gasteiger partial charge in [0.05, 0.1) is 30.3 Å². The second kappa shape index (κ2) is 8.12. The van der Waals surface area contributed by atoms with Gasteiger partial charge in [0.15, 0.2) is 15.0 Å². The van der Waals surface area contributed by atoms with E-state index in [1.165, 1.54) is 18.9 Å². The third kappa shape index (κ3) is 4.49. The number of benzene rings is 1. The van der Waals surface area contributed by atoms with Crippen LogP contribution in [-0.4, -0.2) is 60.5 Å². The molecule has 0 saturated carbocycles. The fourth-order valence-corrected chi connectivity index (χ4v) is 7.31. The first-order chi connectivity index (χ1) is 13.2. The summed E-state index contributed by atoms with van der Waals surface area (Å²) in [6.07, 6.45) is 0.149. The normalized spacial score (nSPS) is 24.4. The third-order valence-corrected chi connectivity index (χ3v) is 7.87. The molecule has 1 aromatic rings. The van der Waals surface area contributed by atoms with E-state index in [1.807, 2.05) is 19.1 Å². The number of sulfone groups is 1. The molecule has 28 heavy (non-hydrogen) atoms. The highest BCUT2D eigenvalue weighted by atomic mass is 32.2. The SMILES string of the molecule is COc1ccc(C)cc1N1C(=NC(=O)CCCC(=O)O)S[C@H]2CS(=O)(=O)C[C@@H]21. The molecule has 0 bridgehead atoms. The van der Waals surface area contributed by atoms with Gasteiger partial charge in [-0.15, -0.1) is 0 Å². The molecule has 2 saturated heterocycles. The molecule has 2 aliphatic heterocycles. The fourth-order valence-electron chi connectivity index (χ4n) is 3.39. The summed E-state index contributed by atoms with van der Waals surface area (Å²) in [5.41, 5.74) is 1.65. The molecule has 1 N–H and O–H groups in total. The van der Waals surface area contributed by atoms with Gasteiger partial charge in [0.2, 0.25) is 5.91 Å². The number of aryl methyl sites for hydroxylation is 1. The summed E-state index contributed by atoms with van der Waals surface area (Å²) >= 11 is 1.28. The van der Waals surface area contributed by atoms with Crippen LogP contribution < -0.4 is 9.64 Å². The monoisotopic (exact) mass is 426 g/mol. The lowest BCUT2D eigenvalue weighted by molar-refractivity contribution is -0.137. The molecule has 2 heterocycles. The first-order valence-corrected chi connectivity index (χ1v) is 11.5. The molecule has 152 valence electrons. The number of thioether (sulfide) groups is 1. The number of amidine groups is 1. The molecule has 0 aromatic heterocycles. The van der Waals surface area contributed by atoms with E-state index < -0.39 is 21.7 Å². The van der Waals surface area contributed by atoms with Crippen molar-refractivity contribution < 1.29 is 27.9 Å². The number of nitrogens with zero attached hydrogens (tertiary/aromatic N) is 2. The van der Waals surface area contributed by atoms with Crippen molar-refractivity contribution in [2.75, 3.05) is 23.5 Å². The van der Waals surface area contributed by atoms with Crippen molar-refractivity contribution in [3.8, 4) is 5.75 Å². The molecule has 2 aliphatic rings. The minimum absolute atomic E-state index is 0.00596. The number of rotatable bonds is 6. The Morgan fingerprint density at radius 1 is 1.32 bits per heavy atom. The fraction of sp³-hybridized carbons (Fsp3) is 0.500. The molecule has 0 radical (unpaired) electrons. The molecule has 0 aliphatic carbocycles. The maximum Gasteiger partial charge on any atom is 0.303 e. The number of aliphatic imine (C=N–C) groups is 1. The lowest BCUT2D eigenvalue weighted by atomic mass is 10.1. The smallest absolute Gasteiger partial charge is 0.303 e. The molecular weight excluding hydrogens is 404 g/mol. The van der Waals surface area contributed by atoms with E-state index in [-0.39, 0.29) is 42.1 Å². The van der Waals surface area contributed by atoms with Crippen molar-refractivity contribution in [1.82, 2.24) is 0 Å². The van der Waals surface area contributed by atoms with Gasteiger partial charge in [-0.25, -0.2) is 8.42 Å². The first-order valence-electron chi connectivity index (χ1n) is 8.84. The van der Waals surface area contributed by atoms with Gasteiger partial charge < -0.3 is 14.7 Å². The summed E-state index contributed by atoms with van der Waals surface area (Å²) in [7, 11) is -1.62. The van der Waals surface area contributed by atoms with Gasteiger partial charge in [-0.3, -0.25) is 9.59 Å². The van der Waals surface area contributed by atoms with E-state index in [2.05, 4.69) is 4.99 Å². The largest absolute Gasteiger partial charge is 0.495 e. The topological polar surface area (TPSA) is 113 Å². The molecule has 0 unspecified atom stereocenters. The van der Waals surface area contributed by atoms with Crippen molar-refractivity contribution >= 4 is 44.3 Å². The van der Waals surface area contributed by atoms with E-state index in [1.54, 1.807) is 11.0 Å². The molecule has 0 spiro atoms. The van der Waals surface area contributed by atoms with Gasteiger partial charge >= 0.3 is 5.97 Å². The number of carboxylic acids is 1. The zero-order valence-corrected chi connectivity index (χ0v) is 17.3. The second-order valence-electron chi connectivity index (χ2n) is 6.88. The number of carbonyl (C=O) groups excluding carboxylic acids is 1. The van der Waals surface area contributed by atoms with E-state index in [0.717, 1.165) is 5.56 Å². The standard InChI is InChI=1S/C18H22N2O6S2/c1-11-6-7-14(26-2)12(8-11)20-13-9-28(24,25)10-15(13)27-18(20)19-16(21)4-3-5-17(22)23/h6-8,13,15H,3-5,9-10H2,1-2H3,(H,22,23)/t13-,15-/m0/s1. The molecule has 8 nitrogen and oxygen atoms in total. The van der Waals surface area contributed by atoms with E-state index in [4.69, 9.17) is 9.84 Å². The van der Waals surface area contributed by atoms with Crippen LogP contribution in [0.3, 0.4) is 0 Å². The van der Waals surface area contributed by atoms with Gasteiger partial charge in [-0.1, -0.05) is 17.8 Å². The minimum atomic E-state index is -3.16.